The zero-order valence-corrected chi connectivity index (χ0v) is 18.9. The van der Waals surface area contributed by atoms with Gasteiger partial charge in [-0.1, -0.05) is 23.7 Å². The Balaban J connectivity index is 1.41. The molecule has 1 saturated heterocycles. The maximum absolute atomic E-state index is 13.8. The first-order valence-electron chi connectivity index (χ1n) is 11.7. The van der Waals surface area contributed by atoms with Crippen molar-refractivity contribution < 1.29 is 19.6 Å². The van der Waals surface area contributed by atoms with Gasteiger partial charge in [0.05, 0.1) is 5.54 Å². The number of benzene rings is 1. The second kappa shape index (κ2) is 8.34. The highest BCUT2D eigenvalue weighted by atomic mass is 35.5. The highest BCUT2D eigenvalue weighted by molar-refractivity contribution is 6.30. The van der Waals surface area contributed by atoms with Crippen LogP contribution >= 0.6 is 11.6 Å². The molecule has 1 aliphatic heterocycles. The van der Waals surface area contributed by atoms with Crippen molar-refractivity contribution in [3.63, 3.8) is 0 Å². The van der Waals surface area contributed by atoms with E-state index in [0.717, 1.165) is 24.8 Å². The maximum atomic E-state index is 13.8. The molecule has 5 fully saturated rings. The zero-order valence-electron chi connectivity index (χ0n) is 18.1. The van der Waals surface area contributed by atoms with Gasteiger partial charge >= 0.3 is 6.03 Å². The van der Waals surface area contributed by atoms with Gasteiger partial charge in [-0.05, 0) is 86.8 Å². The van der Waals surface area contributed by atoms with Crippen LogP contribution < -0.4 is 5.48 Å². The summed E-state index contributed by atoms with van der Waals surface area (Å²) in [6.07, 6.45) is 7.45. The van der Waals surface area contributed by atoms with Crippen molar-refractivity contribution in [2.45, 2.75) is 75.9 Å². The van der Waals surface area contributed by atoms with E-state index in [2.05, 4.69) is 0 Å². The van der Waals surface area contributed by atoms with Crippen molar-refractivity contribution >= 4 is 29.4 Å². The lowest BCUT2D eigenvalue weighted by atomic mass is 9.52. The summed E-state index contributed by atoms with van der Waals surface area (Å²) in [5.74, 6) is 1.27. The third-order valence-electron chi connectivity index (χ3n) is 8.07. The van der Waals surface area contributed by atoms with Gasteiger partial charge in [0.1, 0.15) is 6.04 Å². The molecule has 1 aromatic carbocycles. The molecule has 172 valence electrons. The van der Waals surface area contributed by atoms with E-state index < -0.39 is 11.9 Å². The van der Waals surface area contributed by atoms with Gasteiger partial charge in [0.25, 0.3) is 5.91 Å². The van der Waals surface area contributed by atoms with Crippen molar-refractivity contribution in [1.82, 2.24) is 15.3 Å². The van der Waals surface area contributed by atoms with Crippen LogP contribution in [0.2, 0.25) is 5.02 Å². The molecule has 0 radical (unpaired) electrons. The first-order valence-corrected chi connectivity index (χ1v) is 12.1. The number of rotatable bonds is 7. The Morgan fingerprint density at radius 2 is 1.66 bits per heavy atom. The summed E-state index contributed by atoms with van der Waals surface area (Å²) in [6.45, 7) is 0.335. The number of nitrogens with one attached hydrogen (secondary N) is 1. The van der Waals surface area contributed by atoms with E-state index in [1.807, 2.05) is 12.1 Å². The van der Waals surface area contributed by atoms with Gasteiger partial charge in [-0.25, -0.2) is 10.3 Å². The molecule has 4 bridgehead atoms. The van der Waals surface area contributed by atoms with E-state index in [-0.39, 0.29) is 23.9 Å². The van der Waals surface area contributed by atoms with Gasteiger partial charge in [-0.3, -0.25) is 19.7 Å². The van der Waals surface area contributed by atoms with Crippen molar-refractivity contribution in [3.05, 3.63) is 34.9 Å². The minimum atomic E-state index is -0.585. The number of carbonyl (C=O) groups is 3. The number of halogens is 1. The molecule has 1 aromatic rings. The minimum absolute atomic E-state index is 0.112. The van der Waals surface area contributed by atoms with Crippen LogP contribution in [0, 0.1) is 17.8 Å². The number of imide groups is 1. The average Bonchev–Trinajstić information content (AvgIpc) is 2.98. The predicted molar refractivity (Wildman–Crippen MR) is 118 cm³/mol. The van der Waals surface area contributed by atoms with E-state index in [9.17, 15) is 14.4 Å². The van der Waals surface area contributed by atoms with Crippen LogP contribution in [0.15, 0.2) is 24.3 Å². The summed E-state index contributed by atoms with van der Waals surface area (Å²) in [4.78, 5) is 42.3. The molecule has 8 heteroatoms. The Hall–Kier alpha value is -2.12. The quantitative estimate of drug-likeness (QED) is 0.364. The second-order valence-electron chi connectivity index (χ2n) is 10.3. The highest BCUT2D eigenvalue weighted by Crippen LogP contribution is 2.58. The lowest BCUT2D eigenvalue weighted by molar-refractivity contribution is -0.141. The van der Waals surface area contributed by atoms with Gasteiger partial charge in [0.15, 0.2) is 0 Å². The summed E-state index contributed by atoms with van der Waals surface area (Å²) in [7, 11) is 0. The molecule has 4 saturated carbocycles. The maximum Gasteiger partial charge on any atom is 0.328 e. The Bertz CT molecular complexity index is 883. The summed E-state index contributed by atoms with van der Waals surface area (Å²) in [5.41, 5.74) is 2.22. The number of urea groups is 1. The second-order valence-corrected chi connectivity index (χ2v) is 10.7. The molecule has 32 heavy (non-hydrogen) atoms. The van der Waals surface area contributed by atoms with E-state index in [1.54, 1.807) is 27.4 Å². The van der Waals surface area contributed by atoms with Gasteiger partial charge < -0.3 is 4.90 Å². The first-order chi connectivity index (χ1) is 15.4. The Morgan fingerprint density at radius 1 is 1.06 bits per heavy atom. The molecule has 4 amide bonds. The van der Waals surface area contributed by atoms with Crippen LogP contribution in [-0.2, 0) is 16.1 Å². The largest absolute Gasteiger partial charge is 0.328 e. The summed E-state index contributed by atoms with van der Waals surface area (Å²) in [6, 6.07) is 6.56. The van der Waals surface area contributed by atoms with E-state index in [4.69, 9.17) is 16.8 Å². The number of hydrogen-bond donors (Lipinski definition) is 2. The Labute approximate surface area is 193 Å². The van der Waals surface area contributed by atoms with Crippen LogP contribution in [0.25, 0.3) is 0 Å². The SMILES string of the molecule is O=C(CCCC1C(=O)N(C23CC4CC(CC(C4)C2)C3)C(=O)N1Cc1ccc(Cl)cc1)NO. The normalized spacial score (nSPS) is 33.3. The van der Waals surface area contributed by atoms with E-state index in [0.29, 0.717) is 42.2 Å². The van der Waals surface area contributed by atoms with Gasteiger partial charge in [-0.15, -0.1) is 0 Å². The molecule has 5 aliphatic rings. The lowest BCUT2D eigenvalue weighted by Gasteiger charge is -2.58. The highest BCUT2D eigenvalue weighted by Gasteiger charge is 2.60. The monoisotopic (exact) mass is 459 g/mol. The standard InChI is InChI=1S/C24H30ClN3O4/c25-19-6-4-15(5-7-19)14-27-20(2-1-3-21(29)26-32)22(30)28(23(27)31)24-11-16-8-17(12-24)10-18(9-16)13-24/h4-7,16-18,20,32H,1-3,8-14H2,(H,26,29). The van der Waals surface area contributed by atoms with Crippen LogP contribution in [0.4, 0.5) is 4.79 Å². The number of carbonyl (C=O) groups excluding carboxylic acids is 3. The molecule has 0 aromatic heterocycles. The Kier molecular flexibility index (Phi) is 5.66. The van der Waals surface area contributed by atoms with Crippen molar-refractivity contribution in [1.29, 1.82) is 0 Å². The number of nitrogens with zero attached hydrogens (tertiary/aromatic N) is 2. The molecule has 4 aliphatic carbocycles. The minimum Gasteiger partial charge on any atom is -0.308 e. The number of amides is 4. The van der Waals surface area contributed by atoms with E-state index >= 15 is 0 Å². The fraction of sp³-hybridized carbons (Fsp3) is 0.625. The topological polar surface area (TPSA) is 90.0 Å². The van der Waals surface area contributed by atoms with Gasteiger partial charge in [-0.2, -0.15) is 0 Å². The Morgan fingerprint density at radius 3 is 2.22 bits per heavy atom. The van der Waals surface area contributed by atoms with Crippen LogP contribution in [-0.4, -0.2) is 44.4 Å². The zero-order chi connectivity index (χ0) is 22.5. The molecular formula is C24H30ClN3O4. The lowest BCUT2D eigenvalue weighted by Crippen LogP contribution is -2.62. The summed E-state index contributed by atoms with van der Waals surface area (Å²) in [5, 5.41) is 9.40. The molecule has 6 rings (SSSR count). The van der Waals surface area contributed by atoms with Crippen LogP contribution in [0.5, 0.6) is 0 Å². The third kappa shape index (κ3) is 3.79. The average molecular weight is 460 g/mol. The molecule has 1 atom stereocenters. The fourth-order valence-electron chi connectivity index (χ4n) is 7.17. The first kappa shape index (κ1) is 21.7. The molecular weight excluding hydrogens is 430 g/mol. The smallest absolute Gasteiger partial charge is 0.308 e. The molecule has 7 nitrogen and oxygen atoms in total. The molecule has 1 unspecified atom stereocenters. The van der Waals surface area contributed by atoms with Crippen LogP contribution in [0.1, 0.15) is 63.4 Å². The van der Waals surface area contributed by atoms with Crippen molar-refractivity contribution in [2.24, 2.45) is 17.8 Å². The van der Waals surface area contributed by atoms with Gasteiger partial charge in [0, 0.05) is 18.0 Å². The van der Waals surface area contributed by atoms with E-state index in [1.165, 1.54) is 19.3 Å². The van der Waals surface area contributed by atoms with Gasteiger partial charge in [0.2, 0.25) is 5.91 Å². The summed E-state index contributed by atoms with van der Waals surface area (Å²) < 4.78 is 0. The number of hydroxylamine groups is 1. The van der Waals surface area contributed by atoms with Crippen molar-refractivity contribution in [2.75, 3.05) is 0 Å². The fourth-order valence-corrected chi connectivity index (χ4v) is 7.30. The molecule has 0 spiro atoms. The molecule has 1 heterocycles. The summed E-state index contributed by atoms with van der Waals surface area (Å²) >= 11 is 6.02. The number of hydrogen-bond acceptors (Lipinski definition) is 4. The molecule has 2 N–H and O–H groups in total. The predicted octanol–water partition coefficient (Wildman–Crippen LogP) is 4.12. The third-order valence-corrected chi connectivity index (χ3v) is 8.32. The van der Waals surface area contributed by atoms with Crippen LogP contribution in [0.3, 0.4) is 0 Å². The van der Waals surface area contributed by atoms with Crippen molar-refractivity contribution in [3.8, 4) is 0 Å².